The van der Waals surface area contributed by atoms with Crippen LogP contribution in [0.4, 0.5) is 10.5 Å². The number of nitrogens with zero attached hydrogens (tertiary/aromatic N) is 1. The maximum absolute atomic E-state index is 12.8. The van der Waals surface area contributed by atoms with Gasteiger partial charge in [0.1, 0.15) is 4.88 Å². The number of hydrogen-bond donors (Lipinski definition) is 2. The minimum Gasteiger partial charge on any atom is -0.477 e. The number of benzene rings is 2. The molecule has 8 heteroatoms. The third kappa shape index (κ3) is 5.09. The van der Waals surface area contributed by atoms with E-state index in [-0.39, 0.29) is 16.6 Å². The van der Waals surface area contributed by atoms with Crippen LogP contribution in [-0.4, -0.2) is 28.6 Å². The number of carbonyl (C=O) groups is 2. The highest BCUT2D eigenvalue weighted by Gasteiger charge is 2.21. The van der Waals surface area contributed by atoms with Crippen molar-refractivity contribution in [3.05, 3.63) is 75.1 Å². The second-order valence-electron chi connectivity index (χ2n) is 6.21. The van der Waals surface area contributed by atoms with E-state index in [1.54, 1.807) is 29.2 Å². The Morgan fingerprint density at radius 1 is 1.10 bits per heavy atom. The van der Waals surface area contributed by atoms with Gasteiger partial charge in [-0.2, -0.15) is 0 Å². The third-order valence-electron chi connectivity index (χ3n) is 4.25. The fourth-order valence-electron chi connectivity index (χ4n) is 2.79. The van der Waals surface area contributed by atoms with Crippen molar-refractivity contribution in [2.24, 2.45) is 0 Å². The molecular weight excluding hydrogens is 431 g/mol. The van der Waals surface area contributed by atoms with Crippen LogP contribution in [0.3, 0.4) is 0 Å². The number of rotatable bonds is 6. The molecule has 0 saturated carbocycles. The summed E-state index contributed by atoms with van der Waals surface area (Å²) in [5.41, 5.74) is 1.88. The summed E-state index contributed by atoms with van der Waals surface area (Å²) >= 11 is 13.2. The molecule has 0 bridgehead atoms. The smallest absolute Gasteiger partial charge is 0.348 e. The number of amides is 2. The summed E-state index contributed by atoms with van der Waals surface area (Å²) in [6, 6.07) is 15.8. The number of halogens is 2. The van der Waals surface area contributed by atoms with Gasteiger partial charge in [-0.05, 0) is 30.7 Å². The first-order valence-electron chi connectivity index (χ1n) is 8.81. The van der Waals surface area contributed by atoms with Crippen molar-refractivity contribution >= 4 is 52.2 Å². The van der Waals surface area contributed by atoms with Crippen molar-refractivity contribution in [1.82, 2.24) is 4.90 Å². The number of urea groups is 1. The molecule has 2 N–H and O–H groups in total. The zero-order valence-electron chi connectivity index (χ0n) is 15.5. The summed E-state index contributed by atoms with van der Waals surface area (Å²) in [6.45, 7) is 2.77. The van der Waals surface area contributed by atoms with E-state index in [0.29, 0.717) is 33.6 Å². The molecule has 1 aromatic heterocycles. The molecule has 2 aromatic carbocycles. The molecular formula is C21H18Cl2N2O3S. The molecule has 3 aromatic rings. The molecule has 3 rings (SSSR count). The Hall–Kier alpha value is -2.54. The minimum atomic E-state index is -1.12. The van der Waals surface area contributed by atoms with Crippen molar-refractivity contribution < 1.29 is 14.7 Å². The van der Waals surface area contributed by atoms with E-state index in [0.717, 1.165) is 16.9 Å². The lowest BCUT2D eigenvalue weighted by molar-refractivity contribution is 0.0703. The number of anilines is 1. The maximum atomic E-state index is 12.8. The predicted molar refractivity (Wildman–Crippen MR) is 118 cm³/mol. The summed E-state index contributed by atoms with van der Waals surface area (Å²) in [6.07, 6.45) is 0. The average Bonchev–Trinajstić information content (AvgIpc) is 3.10. The topological polar surface area (TPSA) is 69.6 Å². The summed E-state index contributed by atoms with van der Waals surface area (Å²) in [5, 5.41) is 13.2. The van der Waals surface area contributed by atoms with Gasteiger partial charge >= 0.3 is 12.0 Å². The van der Waals surface area contributed by atoms with Crippen LogP contribution < -0.4 is 5.32 Å². The third-order valence-corrected chi connectivity index (χ3v) is 5.95. The van der Waals surface area contributed by atoms with Crippen molar-refractivity contribution in [3.8, 4) is 10.4 Å². The first-order chi connectivity index (χ1) is 13.9. The van der Waals surface area contributed by atoms with Gasteiger partial charge in [0, 0.05) is 28.6 Å². The van der Waals surface area contributed by atoms with Gasteiger partial charge in [-0.15, -0.1) is 11.3 Å². The summed E-state index contributed by atoms with van der Waals surface area (Å²) in [5.74, 6) is -1.12. The lowest BCUT2D eigenvalue weighted by Gasteiger charge is -2.21. The van der Waals surface area contributed by atoms with Crippen molar-refractivity contribution in [2.75, 3.05) is 11.9 Å². The van der Waals surface area contributed by atoms with E-state index >= 15 is 0 Å². The van der Waals surface area contributed by atoms with Gasteiger partial charge in [-0.3, -0.25) is 0 Å². The number of carboxylic acid groups (broad SMARTS) is 1. The molecule has 0 atom stereocenters. The van der Waals surface area contributed by atoms with Crippen LogP contribution in [0, 0.1) is 0 Å². The highest BCUT2D eigenvalue weighted by molar-refractivity contribution is 7.18. The summed E-state index contributed by atoms with van der Waals surface area (Å²) < 4.78 is 0. The van der Waals surface area contributed by atoms with Gasteiger partial charge in [0.25, 0.3) is 0 Å². The monoisotopic (exact) mass is 448 g/mol. The molecule has 0 aliphatic carbocycles. The molecule has 0 aliphatic rings. The normalized spacial score (nSPS) is 10.6. The molecule has 0 fully saturated rings. The molecule has 5 nitrogen and oxygen atoms in total. The van der Waals surface area contributed by atoms with Gasteiger partial charge < -0.3 is 15.3 Å². The van der Waals surface area contributed by atoms with Crippen molar-refractivity contribution in [3.63, 3.8) is 0 Å². The van der Waals surface area contributed by atoms with Gasteiger partial charge in [0.2, 0.25) is 0 Å². The van der Waals surface area contributed by atoms with Crippen LogP contribution in [0.5, 0.6) is 0 Å². The number of thiophene rings is 1. The second-order valence-corrected chi connectivity index (χ2v) is 8.11. The molecule has 1 heterocycles. The zero-order chi connectivity index (χ0) is 21.0. The molecule has 0 unspecified atom stereocenters. The number of nitrogens with one attached hydrogen (secondary N) is 1. The molecule has 2 amide bonds. The Bertz CT molecular complexity index is 1040. The lowest BCUT2D eigenvalue weighted by atomic mass is 10.2. The Morgan fingerprint density at radius 3 is 2.45 bits per heavy atom. The van der Waals surface area contributed by atoms with Crippen molar-refractivity contribution in [2.45, 2.75) is 13.5 Å². The summed E-state index contributed by atoms with van der Waals surface area (Å²) in [7, 11) is 0. The van der Waals surface area contributed by atoms with Crippen LogP contribution in [0.2, 0.25) is 10.0 Å². The highest BCUT2D eigenvalue weighted by Crippen LogP contribution is 2.39. The predicted octanol–water partition coefficient (Wildman–Crippen LogP) is 6.47. The lowest BCUT2D eigenvalue weighted by Crippen LogP contribution is -2.34. The SMILES string of the molecule is CCN(Cc1ccccc1)C(=O)Nc1cc(-c2ccc(Cl)cc2Cl)sc1C(=O)O. The van der Waals surface area contributed by atoms with Crippen LogP contribution in [0.1, 0.15) is 22.2 Å². The van der Waals surface area contributed by atoms with E-state index in [9.17, 15) is 14.7 Å². The van der Waals surface area contributed by atoms with E-state index in [1.165, 1.54) is 0 Å². The van der Waals surface area contributed by atoms with Crippen LogP contribution in [-0.2, 0) is 6.54 Å². The quantitative estimate of drug-likeness (QED) is 0.453. The van der Waals surface area contributed by atoms with Crippen LogP contribution >= 0.6 is 34.5 Å². The van der Waals surface area contributed by atoms with Gasteiger partial charge in [-0.25, -0.2) is 9.59 Å². The zero-order valence-corrected chi connectivity index (χ0v) is 17.8. The van der Waals surface area contributed by atoms with Crippen LogP contribution in [0.25, 0.3) is 10.4 Å². The number of hydrogen-bond acceptors (Lipinski definition) is 3. The van der Waals surface area contributed by atoms with Gasteiger partial charge in [0.15, 0.2) is 0 Å². The first-order valence-corrected chi connectivity index (χ1v) is 10.4. The Labute approximate surface area is 182 Å². The van der Waals surface area contributed by atoms with E-state index < -0.39 is 5.97 Å². The van der Waals surface area contributed by atoms with Crippen molar-refractivity contribution in [1.29, 1.82) is 0 Å². The number of carbonyl (C=O) groups excluding carboxylic acids is 1. The molecule has 0 spiro atoms. The summed E-state index contributed by atoms with van der Waals surface area (Å²) in [4.78, 5) is 26.7. The number of carboxylic acids is 1. The molecule has 150 valence electrons. The number of aromatic carboxylic acids is 1. The maximum Gasteiger partial charge on any atom is 0.348 e. The fraction of sp³-hybridized carbons (Fsp3) is 0.143. The van der Waals surface area contributed by atoms with Gasteiger partial charge in [-0.1, -0.05) is 59.6 Å². The van der Waals surface area contributed by atoms with Crippen LogP contribution in [0.15, 0.2) is 54.6 Å². The Morgan fingerprint density at radius 2 is 1.83 bits per heavy atom. The molecule has 0 radical (unpaired) electrons. The average molecular weight is 449 g/mol. The Balaban J connectivity index is 1.86. The standard InChI is InChI=1S/C21H18Cl2N2O3S/c1-2-25(12-13-6-4-3-5-7-13)21(28)24-17-11-18(29-19(17)20(26)27)15-9-8-14(22)10-16(15)23/h3-11H,2,12H2,1H3,(H,24,28)(H,26,27). The molecule has 0 saturated heterocycles. The largest absolute Gasteiger partial charge is 0.477 e. The molecule has 0 aliphatic heterocycles. The van der Waals surface area contributed by atoms with Gasteiger partial charge in [0.05, 0.1) is 10.7 Å². The molecule has 29 heavy (non-hydrogen) atoms. The second kappa shape index (κ2) is 9.31. The Kier molecular flexibility index (Phi) is 6.79. The highest BCUT2D eigenvalue weighted by atomic mass is 35.5. The van der Waals surface area contributed by atoms with E-state index in [1.807, 2.05) is 37.3 Å². The fourth-order valence-corrected chi connectivity index (χ4v) is 4.35. The van der Waals surface area contributed by atoms with E-state index in [2.05, 4.69) is 5.32 Å². The minimum absolute atomic E-state index is 0.0372. The first kappa shape index (κ1) is 21.2. The van der Waals surface area contributed by atoms with E-state index in [4.69, 9.17) is 23.2 Å².